The van der Waals surface area contributed by atoms with Crippen molar-refractivity contribution >= 4 is 34.3 Å². The van der Waals surface area contributed by atoms with Gasteiger partial charge in [0.25, 0.3) is 0 Å². The second-order valence-electron chi connectivity index (χ2n) is 8.24. The molecule has 0 aliphatic heterocycles. The largest absolute Gasteiger partial charge is 0.456 e. The second kappa shape index (κ2) is 8.64. The maximum Gasteiger partial charge on any atom is 0.223 e. The van der Waals surface area contributed by atoms with E-state index in [0.29, 0.717) is 23.3 Å². The topological polar surface area (TPSA) is 138 Å². The number of fused-ring (bicyclic) bond motifs is 1. The Labute approximate surface area is 194 Å². The highest BCUT2D eigenvalue weighted by atomic mass is 35.5. The van der Waals surface area contributed by atoms with Gasteiger partial charge < -0.3 is 30.8 Å². The lowest BCUT2D eigenvalue weighted by molar-refractivity contribution is 0.00446. The van der Waals surface area contributed by atoms with Gasteiger partial charge in [-0.05, 0) is 35.7 Å². The standard InChI is InChI=1S/C24H23ClN4O4/c25-22-19(23(29-24(26)28-22)27-16-9-15(11-30)20(31)21(16)32)18-10-14-8-13(6-7-17(14)33-18)12-4-2-1-3-5-12/h1-8,10,15-16,20-21,30-32H,9,11H2,(H3,26,27,28,29)/t15-,16-,20-,21+/m1/s1. The molecule has 0 unspecified atom stereocenters. The lowest BCUT2D eigenvalue weighted by Crippen LogP contribution is -2.35. The zero-order valence-electron chi connectivity index (χ0n) is 17.5. The molecule has 33 heavy (non-hydrogen) atoms. The summed E-state index contributed by atoms with van der Waals surface area (Å²) in [4.78, 5) is 8.34. The molecular weight excluding hydrogens is 444 g/mol. The Balaban J connectivity index is 1.54. The third kappa shape index (κ3) is 4.02. The van der Waals surface area contributed by atoms with Crippen LogP contribution in [-0.4, -0.2) is 50.1 Å². The van der Waals surface area contributed by atoms with Crippen molar-refractivity contribution in [2.45, 2.75) is 24.7 Å². The number of aromatic nitrogens is 2. The summed E-state index contributed by atoms with van der Waals surface area (Å²) >= 11 is 6.45. The monoisotopic (exact) mass is 466 g/mol. The molecule has 1 aliphatic carbocycles. The van der Waals surface area contributed by atoms with E-state index in [0.717, 1.165) is 16.5 Å². The van der Waals surface area contributed by atoms with Crippen molar-refractivity contribution < 1.29 is 19.7 Å². The molecule has 9 heteroatoms. The Kier molecular flexibility index (Phi) is 5.67. The first-order valence-electron chi connectivity index (χ1n) is 10.6. The van der Waals surface area contributed by atoms with E-state index < -0.39 is 24.2 Å². The normalized spacial score (nSPS) is 22.7. The number of halogens is 1. The Bertz CT molecular complexity index is 1300. The van der Waals surface area contributed by atoms with Crippen molar-refractivity contribution in [3.63, 3.8) is 0 Å². The first kappa shape index (κ1) is 21.7. The van der Waals surface area contributed by atoms with Crippen molar-refractivity contribution in [1.29, 1.82) is 0 Å². The van der Waals surface area contributed by atoms with Crippen LogP contribution in [0.5, 0.6) is 0 Å². The molecule has 4 aromatic rings. The molecule has 0 amide bonds. The number of nitrogens with one attached hydrogen (secondary N) is 1. The Hall–Kier alpha value is -3.17. The van der Waals surface area contributed by atoms with Gasteiger partial charge in [-0.3, -0.25) is 0 Å². The minimum atomic E-state index is -1.09. The SMILES string of the molecule is Nc1nc(Cl)c(-c2cc3cc(-c4ccccc4)ccc3o2)c(N[C@@H]2C[C@H](CO)[C@@H](O)[C@H]2O)n1. The van der Waals surface area contributed by atoms with Gasteiger partial charge in [0, 0.05) is 17.9 Å². The summed E-state index contributed by atoms with van der Waals surface area (Å²) in [6, 6.07) is 17.2. The summed E-state index contributed by atoms with van der Waals surface area (Å²) in [7, 11) is 0. The van der Waals surface area contributed by atoms with Gasteiger partial charge in [-0.2, -0.15) is 4.98 Å². The van der Waals surface area contributed by atoms with E-state index in [-0.39, 0.29) is 23.5 Å². The molecule has 2 heterocycles. The fourth-order valence-electron chi connectivity index (χ4n) is 4.37. The fraction of sp³-hybridized carbons (Fsp3) is 0.250. The van der Waals surface area contributed by atoms with Gasteiger partial charge in [-0.25, -0.2) is 4.98 Å². The van der Waals surface area contributed by atoms with Crippen LogP contribution in [0.25, 0.3) is 33.4 Å². The molecule has 5 rings (SSSR count). The molecule has 4 atom stereocenters. The van der Waals surface area contributed by atoms with Gasteiger partial charge in [-0.1, -0.05) is 48.0 Å². The third-order valence-electron chi connectivity index (χ3n) is 6.11. The number of hydrogen-bond acceptors (Lipinski definition) is 8. The summed E-state index contributed by atoms with van der Waals surface area (Å²) in [6.07, 6.45) is -1.79. The lowest BCUT2D eigenvalue weighted by atomic mass is 10.0. The minimum Gasteiger partial charge on any atom is -0.456 e. The molecule has 0 bridgehead atoms. The highest BCUT2D eigenvalue weighted by Crippen LogP contribution is 2.39. The number of benzene rings is 2. The van der Waals surface area contributed by atoms with E-state index in [1.54, 1.807) is 0 Å². The predicted molar refractivity (Wildman–Crippen MR) is 127 cm³/mol. The van der Waals surface area contributed by atoms with Gasteiger partial charge in [0.1, 0.15) is 28.4 Å². The summed E-state index contributed by atoms with van der Waals surface area (Å²) in [5, 5.41) is 34.1. The number of anilines is 2. The maximum absolute atomic E-state index is 10.4. The van der Waals surface area contributed by atoms with Crippen molar-refractivity contribution in [3.05, 3.63) is 59.8 Å². The van der Waals surface area contributed by atoms with Gasteiger partial charge in [0.15, 0.2) is 0 Å². The summed E-state index contributed by atoms with van der Waals surface area (Å²) in [5.41, 5.74) is 9.03. The smallest absolute Gasteiger partial charge is 0.223 e. The van der Waals surface area contributed by atoms with Crippen molar-refractivity contribution in [2.24, 2.45) is 5.92 Å². The van der Waals surface area contributed by atoms with Crippen molar-refractivity contribution in [2.75, 3.05) is 17.7 Å². The molecule has 1 fully saturated rings. The highest BCUT2D eigenvalue weighted by molar-refractivity contribution is 6.32. The van der Waals surface area contributed by atoms with E-state index in [9.17, 15) is 15.3 Å². The molecule has 1 saturated carbocycles. The Morgan fingerprint density at radius 1 is 1.03 bits per heavy atom. The van der Waals surface area contributed by atoms with Crippen LogP contribution in [-0.2, 0) is 0 Å². The number of furan rings is 1. The summed E-state index contributed by atoms with van der Waals surface area (Å²) in [6.45, 7) is -0.233. The quantitative estimate of drug-likeness (QED) is 0.282. The zero-order valence-corrected chi connectivity index (χ0v) is 18.3. The number of aliphatic hydroxyl groups excluding tert-OH is 3. The van der Waals surface area contributed by atoms with E-state index in [1.807, 2.05) is 54.6 Å². The van der Waals surface area contributed by atoms with Crippen LogP contribution in [0.2, 0.25) is 5.15 Å². The van der Waals surface area contributed by atoms with Crippen LogP contribution >= 0.6 is 11.6 Å². The second-order valence-corrected chi connectivity index (χ2v) is 8.59. The molecule has 8 nitrogen and oxygen atoms in total. The lowest BCUT2D eigenvalue weighted by Gasteiger charge is -2.20. The third-order valence-corrected chi connectivity index (χ3v) is 6.38. The first-order valence-corrected chi connectivity index (χ1v) is 11.0. The molecule has 0 radical (unpaired) electrons. The average molecular weight is 467 g/mol. The molecule has 0 spiro atoms. The van der Waals surface area contributed by atoms with Gasteiger partial charge >= 0.3 is 0 Å². The molecule has 0 saturated heterocycles. The van der Waals surface area contributed by atoms with Crippen molar-refractivity contribution in [3.8, 4) is 22.5 Å². The van der Waals surface area contributed by atoms with E-state index in [1.165, 1.54) is 0 Å². The average Bonchev–Trinajstić information content (AvgIpc) is 3.34. The number of rotatable bonds is 5. The van der Waals surface area contributed by atoms with Crippen LogP contribution in [0.3, 0.4) is 0 Å². The zero-order chi connectivity index (χ0) is 23.1. The molecule has 2 aromatic heterocycles. The van der Waals surface area contributed by atoms with Crippen molar-refractivity contribution in [1.82, 2.24) is 9.97 Å². The molecule has 2 aromatic carbocycles. The van der Waals surface area contributed by atoms with E-state index >= 15 is 0 Å². The number of nitrogens with two attached hydrogens (primary N) is 1. The number of hydrogen-bond donors (Lipinski definition) is 5. The van der Waals surface area contributed by atoms with E-state index in [4.69, 9.17) is 21.8 Å². The summed E-state index contributed by atoms with van der Waals surface area (Å²) in [5.74, 6) is 0.234. The molecule has 1 aliphatic rings. The molecule has 170 valence electrons. The number of aliphatic hydroxyl groups is 3. The number of nitrogen functional groups attached to an aromatic ring is 1. The summed E-state index contributed by atoms with van der Waals surface area (Å²) < 4.78 is 6.06. The van der Waals surface area contributed by atoms with E-state index in [2.05, 4.69) is 15.3 Å². The minimum absolute atomic E-state index is 0.0412. The van der Waals surface area contributed by atoms with Crippen LogP contribution in [0.1, 0.15) is 6.42 Å². The maximum atomic E-state index is 10.4. The van der Waals surface area contributed by atoms with Crippen LogP contribution in [0, 0.1) is 5.92 Å². The molecular formula is C24H23ClN4O4. The Morgan fingerprint density at radius 3 is 2.55 bits per heavy atom. The van der Waals surface area contributed by atoms with Gasteiger partial charge in [0.2, 0.25) is 5.95 Å². The van der Waals surface area contributed by atoms with Crippen LogP contribution < -0.4 is 11.1 Å². The van der Waals surface area contributed by atoms with Gasteiger partial charge in [-0.15, -0.1) is 0 Å². The Morgan fingerprint density at radius 2 is 1.82 bits per heavy atom. The highest BCUT2D eigenvalue weighted by Gasteiger charge is 2.41. The number of nitrogens with zero attached hydrogens (tertiary/aromatic N) is 2. The fourth-order valence-corrected chi connectivity index (χ4v) is 4.64. The van der Waals surface area contributed by atoms with Gasteiger partial charge in [0.05, 0.1) is 17.7 Å². The molecule has 6 N–H and O–H groups in total. The first-order chi connectivity index (χ1) is 15.9. The van der Waals surface area contributed by atoms with Crippen LogP contribution in [0.4, 0.5) is 11.8 Å². The predicted octanol–water partition coefficient (Wildman–Crippen LogP) is 3.31. The van der Waals surface area contributed by atoms with Crippen LogP contribution in [0.15, 0.2) is 59.0 Å².